The molecule has 8 heteroatoms. The molecule has 0 fully saturated rings. The van der Waals surface area contributed by atoms with Crippen LogP contribution in [-0.2, 0) is 19.1 Å². The number of carbonyl (C=O) groups excluding carboxylic acids is 3. The minimum atomic E-state index is -0.580. The van der Waals surface area contributed by atoms with Crippen LogP contribution in [0.4, 0.5) is 0 Å². The molecule has 2 aromatic rings. The van der Waals surface area contributed by atoms with Crippen LogP contribution in [0.1, 0.15) is 59.7 Å². The first-order valence-corrected chi connectivity index (χ1v) is 10.4. The van der Waals surface area contributed by atoms with Crippen molar-refractivity contribution in [3.63, 3.8) is 0 Å². The number of Topliss-reactive ketones (excluding diaryl/α,β-unsaturated/α-hetero) is 1. The summed E-state index contributed by atoms with van der Waals surface area (Å²) in [5.41, 5.74) is 2.98. The van der Waals surface area contributed by atoms with Gasteiger partial charge < -0.3 is 19.4 Å². The van der Waals surface area contributed by atoms with E-state index in [4.69, 9.17) is 21.1 Å². The van der Waals surface area contributed by atoms with Gasteiger partial charge in [-0.1, -0.05) is 23.7 Å². The van der Waals surface area contributed by atoms with Gasteiger partial charge in [0.1, 0.15) is 0 Å². The van der Waals surface area contributed by atoms with E-state index in [9.17, 15) is 14.4 Å². The van der Waals surface area contributed by atoms with Crippen molar-refractivity contribution in [2.45, 2.75) is 46.2 Å². The summed E-state index contributed by atoms with van der Waals surface area (Å²) in [6.45, 7) is 7.33. The lowest BCUT2D eigenvalue weighted by atomic mass is 10.0. The number of amides is 1. The highest BCUT2D eigenvalue weighted by Gasteiger charge is 2.22. The molecule has 7 nitrogen and oxygen atoms in total. The zero-order valence-electron chi connectivity index (χ0n) is 18.5. The van der Waals surface area contributed by atoms with E-state index in [1.165, 1.54) is 6.92 Å². The van der Waals surface area contributed by atoms with Gasteiger partial charge in [0.15, 0.2) is 6.61 Å². The molecule has 1 aromatic carbocycles. The summed E-state index contributed by atoms with van der Waals surface area (Å²) in [7, 11) is 1.63. The molecular weight excluding hydrogens is 420 g/mol. The van der Waals surface area contributed by atoms with Gasteiger partial charge in [0.05, 0.1) is 25.1 Å². The average molecular weight is 449 g/mol. The second-order valence-electron chi connectivity index (χ2n) is 7.55. The Bertz CT molecular complexity index is 936. The molecule has 1 aromatic heterocycles. The molecule has 0 aliphatic rings. The third kappa shape index (κ3) is 6.67. The largest absolute Gasteiger partial charge is 0.457 e. The normalized spacial score (nSPS) is 12.8. The van der Waals surface area contributed by atoms with Gasteiger partial charge >= 0.3 is 5.97 Å². The van der Waals surface area contributed by atoms with Crippen LogP contribution in [0, 0.1) is 13.8 Å². The fourth-order valence-corrected chi connectivity index (χ4v) is 3.82. The summed E-state index contributed by atoms with van der Waals surface area (Å²) >= 11 is 5.91. The lowest BCUT2D eigenvalue weighted by molar-refractivity contribution is -0.143. The van der Waals surface area contributed by atoms with Crippen molar-refractivity contribution in [3.05, 3.63) is 57.9 Å². The van der Waals surface area contributed by atoms with Crippen LogP contribution in [0.5, 0.6) is 0 Å². The van der Waals surface area contributed by atoms with Crippen molar-refractivity contribution < 1.29 is 23.9 Å². The van der Waals surface area contributed by atoms with E-state index in [1.54, 1.807) is 37.4 Å². The predicted octanol–water partition coefficient (Wildman–Crippen LogP) is 3.96. The van der Waals surface area contributed by atoms with Crippen LogP contribution in [0.3, 0.4) is 0 Å². The third-order valence-corrected chi connectivity index (χ3v) is 5.27. The minimum absolute atomic E-state index is 0.0758. The monoisotopic (exact) mass is 448 g/mol. The number of methoxy groups -OCH3 is 1. The molecule has 168 valence electrons. The Morgan fingerprint density at radius 1 is 1.16 bits per heavy atom. The lowest BCUT2D eigenvalue weighted by Gasteiger charge is -2.18. The number of esters is 1. The molecule has 0 saturated heterocycles. The molecule has 0 radical (unpaired) electrons. The zero-order chi connectivity index (χ0) is 23.1. The van der Waals surface area contributed by atoms with E-state index in [0.717, 1.165) is 17.0 Å². The molecule has 2 unspecified atom stereocenters. The average Bonchev–Trinajstić information content (AvgIpc) is 3.00. The van der Waals surface area contributed by atoms with Crippen LogP contribution in [-0.4, -0.2) is 42.6 Å². The Labute approximate surface area is 187 Å². The number of rotatable bonds is 10. The zero-order valence-corrected chi connectivity index (χ0v) is 19.3. The maximum atomic E-state index is 12.7. The molecule has 1 amide bonds. The first-order chi connectivity index (χ1) is 14.6. The summed E-state index contributed by atoms with van der Waals surface area (Å²) < 4.78 is 12.5. The Morgan fingerprint density at radius 3 is 2.39 bits per heavy atom. The molecule has 1 heterocycles. The fraction of sp³-hybridized carbons (Fsp3) is 0.435. The number of nitrogens with zero attached hydrogens (tertiary/aromatic N) is 1. The van der Waals surface area contributed by atoms with Crippen molar-refractivity contribution in [1.29, 1.82) is 0 Å². The second-order valence-corrected chi connectivity index (χ2v) is 7.99. The summed E-state index contributed by atoms with van der Waals surface area (Å²) in [6, 6.07) is 8.13. The van der Waals surface area contributed by atoms with E-state index in [-0.39, 0.29) is 30.8 Å². The maximum Gasteiger partial charge on any atom is 0.308 e. The molecule has 0 aliphatic heterocycles. The highest BCUT2D eigenvalue weighted by Crippen LogP contribution is 2.22. The number of aryl methyl sites for hydroxylation is 1. The van der Waals surface area contributed by atoms with E-state index < -0.39 is 12.0 Å². The molecule has 1 N–H and O–H groups in total. The van der Waals surface area contributed by atoms with Crippen LogP contribution in [0.15, 0.2) is 30.3 Å². The topological polar surface area (TPSA) is 86.6 Å². The Morgan fingerprint density at radius 2 is 1.81 bits per heavy atom. The highest BCUT2D eigenvalue weighted by molar-refractivity contribution is 6.30. The van der Waals surface area contributed by atoms with Gasteiger partial charge in [-0.25, -0.2) is 0 Å². The second kappa shape index (κ2) is 11.1. The highest BCUT2D eigenvalue weighted by atomic mass is 35.5. The van der Waals surface area contributed by atoms with E-state index in [0.29, 0.717) is 17.2 Å². The number of hydrogen-bond donors (Lipinski definition) is 1. The first-order valence-electron chi connectivity index (χ1n) is 10.0. The molecular formula is C23H29ClN2O5. The Kier molecular flexibility index (Phi) is 8.83. The quantitative estimate of drug-likeness (QED) is 0.439. The fourth-order valence-electron chi connectivity index (χ4n) is 3.70. The number of nitrogens with one attached hydrogen (secondary N) is 1. The van der Waals surface area contributed by atoms with Gasteiger partial charge in [-0.05, 0) is 44.5 Å². The summed E-state index contributed by atoms with van der Waals surface area (Å²) in [5.74, 6) is -1.13. The number of ether oxygens (including phenoxy) is 2. The summed E-state index contributed by atoms with van der Waals surface area (Å²) in [6.07, 6.45) is -0.0988. The number of hydrogen-bond acceptors (Lipinski definition) is 5. The smallest absolute Gasteiger partial charge is 0.308 e. The SMILES string of the molecule is COCC(C)n1c(C)cc(C(=O)COC(=O)CC(NC(C)=O)c2ccc(Cl)cc2)c1C. The predicted molar refractivity (Wildman–Crippen MR) is 118 cm³/mol. The number of aromatic nitrogens is 1. The third-order valence-electron chi connectivity index (χ3n) is 5.02. The number of ketones is 1. The van der Waals surface area contributed by atoms with E-state index in [2.05, 4.69) is 5.32 Å². The number of benzene rings is 1. The maximum absolute atomic E-state index is 12.7. The van der Waals surface area contributed by atoms with Gasteiger partial charge in [-0.3, -0.25) is 14.4 Å². The van der Waals surface area contributed by atoms with Crippen molar-refractivity contribution >= 4 is 29.3 Å². The Balaban J connectivity index is 2.04. The standard InChI is InChI=1S/C23H29ClN2O5/c1-14-10-20(16(3)26(14)15(2)12-30-5)22(28)13-31-23(29)11-21(25-17(4)27)18-6-8-19(24)9-7-18/h6-10,15,21H,11-13H2,1-5H3,(H,25,27). The van der Waals surface area contributed by atoms with Gasteiger partial charge in [0, 0.05) is 36.0 Å². The van der Waals surface area contributed by atoms with Crippen molar-refractivity contribution in [3.8, 4) is 0 Å². The van der Waals surface area contributed by atoms with Gasteiger partial charge in [-0.15, -0.1) is 0 Å². The molecule has 0 saturated carbocycles. The molecule has 0 aliphatic carbocycles. The molecule has 31 heavy (non-hydrogen) atoms. The molecule has 2 rings (SSSR count). The van der Waals surface area contributed by atoms with Crippen LogP contribution < -0.4 is 5.32 Å². The van der Waals surface area contributed by atoms with Crippen molar-refractivity contribution in [2.75, 3.05) is 20.3 Å². The number of carbonyl (C=O) groups is 3. The van der Waals surface area contributed by atoms with Crippen LogP contribution >= 0.6 is 11.6 Å². The first kappa shape index (κ1) is 24.6. The lowest BCUT2D eigenvalue weighted by Crippen LogP contribution is -2.29. The van der Waals surface area contributed by atoms with Crippen LogP contribution in [0.2, 0.25) is 5.02 Å². The van der Waals surface area contributed by atoms with Gasteiger partial charge in [-0.2, -0.15) is 0 Å². The van der Waals surface area contributed by atoms with Crippen LogP contribution in [0.25, 0.3) is 0 Å². The minimum Gasteiger partial charge on any atom is -0.457 e. The molecule has 2 atom stereocenters. The van der Waals surface area contributed by atoms with Gasteiger partial charge in [0.25, 0.3) is 0 Å². The van der Waals surface area contributed by atoms with Gasteiger partial charge in [0.2, 0.25) is 11.7 Å². The van der Waals surface area contributed by atoms with Crippen molar-refractivity contribution in [1.82, 2.24) is 9.88 Å². The Hall–Kier alpha value is -2.64. The number of halogens is 1. The van der Waals surface area contributed by atoms with Crippen molar-refractivity contribution in [2.24, 2.45) is 0 Å². The summed E-state index contributed by atoms with van der Waals surface area (Å²) in [5, 5.41) is 3.28. The van der Waals surface area contributed by atoms with E-state index in [1.807, 2.05) is 25.3 Å². The van der Waals surface area contributed by atoms with E-state index >= 15 is 0 Å². The molecule has 0 spiro atoms. The summed E-state index contributed by atoms with van der Waals surface area (Å²) in [4.78, 5) is 36.6. The molecule has 0 bridgehead atoms.